The summed E-state index contributed by atoms with van der Waals surface area (Å²) in [5, 5.41) is 0. The average molecular weight is 284 g/mol. The van der Waals surface area contributed by atoms with Crippen LogP contribution in [0.3, 0.4) is 0 Å². The maximum atomic E-state index is 4.44. The summed E-state index contributed by atoms with van der Waals surface area (Å²) in [6.45, 7) is 12.0. The fourth-order valence-electron chi connectivity index (χ4n) is 6.75. The van der Waals surface area contributed by atoms with Crippen LogP contribution in [0.5, 0.6) is 0 Å². The smallest absolute Gasteiger partial charge is 0.00851 e. The maximum Gasteiger partial charge on any atom is -0.00851 e. The Bertz CT molecular complexity index is 498. The number of allylic oxidation sites excluding steroid dienone is 3. The molecule has 0 aromatic carbocycles. The van der Waals surface area contributed by atoms with Gasteiger partial charge in [0.1, 0.15) is 0 Å². The van der Waals surface area contributed by atoms with E-state index in [2.05, 4.69) is 33.4 Å². The van der Waals surface area contributed by atoms with E-state index in [9.17, 15) is 0 Å². The number of fused-ring (bicyclic) bond motifs is 5. The number of hydrogen-bond acceptors (Lipinski definition) is 0. The molecule has 6 atom stereocenters. The number of rotatable bonds is 0. The second-order valence-electron chi connectivity index (χ2n) is 9.21. The summed E-state index contributed by atoms with van der Waals surface area (Å²) in [6, 6.07) is 0. The highest BCUT2D eigenvalue weighted by molar-refractivity contribution is 5.28. The van der Waals surface area contributed by atoms with E-state index in [1.54, 1.807) is 5.57 Å². The molecule has 0 bridgehead atoms. The minimum absolute atomic E-state index is 0.477. The Hall–Kier alpha value is -0.520. The van der Waals surface area contributed by atoms with E-state index >= 15 is 0 Å². The molecule has 0 saturated heterocycles. The summed E-state index contributed by atoms with van der Waals surface area (Å²) in [5.74, 6) is 3.76. The van der Waals surface area contributed by atoms with Gasteiger partial charge >= 0.3 is 0 Å². The fourth-order valence-corrected chi connectivity index (χ4v) is 6.75. The maximum absolute atomic E-state index is 4.44. The van der Waals surface area contributed by atoms with Gasteiger partial charge in [0.15, 0.2) is 0 Å². The summed E-state index contributed by atoms with van der Waals surface area (Å²) in [5.41, 5.74) is 4.43. The van der Waals surface area contributed by atoms with Crippen LogP contribution >= 0.6 is 0 Å². The average Bonchev–Trinajstić information content (AvgIpc) is 2.76. The Morgan fingerprint density at radius 1 is 1.05 bits per heavy atom. The molecule has 6 unspecified atom stereocenters. The van der Waals surface area contributed by atoms with E-state index < -0.39 is 0 Å². The van der Waals surface area contributed by atoms with Crippen molar-refractivity contribution in [2.45, 2.75) is 72.1 Å². The van der Waals surface area contributed by atoms with Gasteiger partial charge in [-0.15, -0.1) is 0 Å². The van der Waals surface area contributed by atoms with Crippen molar-refractivity contribution < 1.29 is 0 Å². The minimum atomic E-state index is 0.477. The lowest BCUT2D eigenvalue weighted by Gasteiger charge is -2.57. The molecule has 21 heavy (non-hydrogen) atoms. The molecule has 3 saturated carbocycles. The third kappa shape index (κ3) is 1.80. The van der Waals surface area contributed by atoms with E-state index in [4.69, 9.17) is 0 Å². The highest BCUT2D eigenvalue weighted by Gasteiger charge is 2.56. The van der Waals surface area contributed by atoms with E-state index in [0.29, 0.717) is 10.8 Å². The summed E-state index contributed by atoms with van der Waals surface area (Å²) in [4.78, 5) is 0. The summed E-state index contributed by atoms with van der Waals surface area (Å²) in [6.07, 6.45) is 13.9. The molecule has 0 amide bonds. The Labute approximate surface area is 131 Å². The molecular formula is C21H32. The third-order valence-electron chi connectivity index (χ3n) is 8.30. The molecule has 0 radical (unpaired) electrons. The van der Waals surface area contributed by atoms with Crippen LogP contribution in [0.2, 0.25) is 0 Å². The molecule has 0 aliphatic heterocycles. The summed E-state index contributed by atoms with van der Waals surface area (Å²) >= 11 is 0. The predicted molar refractivity (Wildman–Crippen MR) is 90.0 cm³/mol. The van der Waals surface area contributed by atoms with Crippen LogP contribution in [0, 0.1) is 34.5 Å². The van der Waals surface area contributed by atoms with E-state index in [-0.39, 0.29) is 0 Å². The molecule has 0 nitrogen and oxygen atoms in total. The minimum Gasteiger partial charge on any atom is -0.0993 e. The molecule has 0 spiro atoms. The van der Waals surface area contributed by atoms with Gasteiger partial charge < -0.3 is 0 Å². The van der Waals surface area contributed by atoms with Crippen molar-refractivity contribution in [3.8, 4) is 0 Å². The van der Waals surface area contributed by atoms with Crippen molar-refractivity contribution in [2.24, 2.45) is 34.5 Å². The molecular weight excluding hydrogens is 252 g/mol. The van der Waals surface area contributed by atoms with Crippen LogP contribution in [0.25, 0.3) is 0 Å². The molecule has 0 aromatic rings. The molecule has 3 fully saturated rings. The van der Waals surface area contributed by atoms with Crippen molar-refractivity contribution in [2.75, 3.05) is 0 Å². The van der Waals surface area contributed by atoms with Crippen molar-refractivity contribution in [3.63, 3.8) is 0 Å². The molecule has 4 aliphatic carbocycles. The van der Waals surface area contributed by atoms with Gasteiger partial charge in [-0.2, -0.15) is 0 Å². The van der Waals surface area contributed by atoms with Gasteiger partial charge in [0.25, 0.3) is 0 Å². The van der Waals surface area contributed by atoms with Crippen molar-refractivity contribution in [1.29, 1.82) is 0 Å². The zero-order valence-electron chi connectivity index (χ0n) is 14.3. The van der Waals surface area contributed by atoms with Gasteiger partial charge in [0.05, 0.1) is 0 Å². The second kappa shape index (κ2) is 4.49. The fraction of sp³-hybridized carbons (Fsp3) is 0.810. The van der Waals surface area contributed by atoms with Crippen molar-refractivity contribution >= 4 is 0 Å². The Kier molecular flexibility index (Phi) is 3.02. The van der Waals surface area contributed by atoms with Gasteiger partial charge in [-0.3, -0.25) is 0 Å². The van der Waals surface area contributed by atoms with Crippen LogP contribution in [-0.2, 0) is 0 Å². The third-order valence-corrected chi connectivity index (χ3v) is 8.30. The standard InChI is InChI=1S/C21H32/c1-14-9-11-21(4)16(13-14)6-7-17-18-8-5-15(2)20(18,3)12-10-19(17)21/h6,14,17-19H,2,5,7-13H2,1,3-4H3. The Balaban J connectivity index is 1.69. The molecule has 116 valence electrons. The van der Waals surface area contributed by atoms with E-state index in [1.807, 2.05) is 5.57 Å². The first kappa shape index (κ1) is 14.1. The molecule has 0 aromatic heterocycles. The summed E-state index contributed by atoms with van der Waals surface area (Å²) < 4.78 is 0. The molecule has 4 aliphatic rings. The van der Waals surface area contributed by atoms with E-state index in [1.165, 1.54) is 51.4 Å². The Morgan fingerprint density at radius 3 is 2.57 bits per heavy atom. The highest BCUT2D eigenvalue weighted by atomic mass is 14.6. The van der Waals surface area contributed by atoms with E-state index in [0.717, 1.165) is 23.7 Å². The van der Waals surface area contributed by atoms with Gasteiger partial charge in [0, 0.05) is 0 Å². The van der Waals surface area contributed by atoms with Crippen molar-refractivity contribution in [3.05, 3.63) is 23.8 Å². The topological polar surface area (TPSA) is 0 Å². The molecule has 0 heteroatoms. The first-order chi connectivity index (χ1) is 9.95. The van der Waals surface area contributed by atoms with Crippen LogP contribution < -0.4 is 0 Å². The van der Waals surface area contributed by atoms with Crippen LogP contribution in [-0.4, -0.2) is 0 Å². The Morgan fingerprint density at radius 2 is 1.76 bits per heavy atom. The van der Waals surface area contributed by atoms with Crippen LogP contribution in [0.1, 0.15) is 72.1 Å². The van der Waals surface area contributed by atoms with Crippen molar-refractivity contribution in [1.82, 2.24) is 0 Å². The largest absolute Gasteiger partial charge is 0.0993 e. The van der Waals surface area contributed by atoms with Gasteiger partial charge in [-0.25, -0.2) is 0 Å². The number of hydrogen-bond donors (Lipinski definition) is 0. The normalized spacial score (nSPS) is 52.7. The first-order valence-corrected chi connectivity index (χ1v) is 9.33. The zero-order chi connectivity index (χ0) is 14.8. The lowest BCUT2D eigenvalue weighted by atomic mass is 9.47. The van der Waals surface area contributed by atoms with Crippen LogP contribution in [0.15, 0.2) is 23.8 Å². The lowest BCUT2D eigenvalue weighted by Crippen LogP contribution is -2.48. The van der Waals surface area contributed by atoms with Gasteiger partial charge in [0.2, 0.25) is 0 Å². The zero-order valence-corrected chi connectivity index (χ0v) is 14.3. The first-order valence-electron chi connectivity index (χ1n) is 9.33. The lowest BCUT2D eigenvalue weighted by molar-refractivity contribution is -0.0172. The molecule has 4 rings (SSSR count). The monoisotopic (exact) mass is 284 g/mol. The molecule has 0 N–H and O–H groups in total. The van der Waals surface area contributed by atoms with Gasteiger partial charge in [-0.1, -0.05) is 44.6 Å². The second-order valence-corrected chi connectivity index (χ2v) is 9.21. The highest BCUT2D eigenvalue weighted by Crippen LogP contribution is 2.66. The SMILES string of the molecule is C=C1CCC2C3CC=C4CC(C)CCC4(C)C3CCC12C. The van der Waals surface area contributed by atoms with Gasteiger partial charge in [-0.05, 0) is 85.9 Å². The molecule has 0 heterocycles. The quantitative estimate of drug-likeness (QED) is 0.469. The summed E-state index contributed by atoms with van der Waals surface area (Å²) in [7, 11) is 0. The predicted octanol–water partition coefficient (Wildman–Crippen LogP) is 6.14. The van der Waals surface area contributed by atoms with Crippen LogP contribution in [0.4, 0.5) is 0 Å².